The summed E-state index contributed by atoms with van der Waals surface area (Å²) < 4.78 is 30.6. The molecule has 2 aliphatic carbocycles. The van der Waals surface area contributed by atoms with E-state index in [-0.39, 0.29) is 41.3 Å². The first kappa shape index (κ1) is 27.6. The lowest BCUT2D eigenvalue weighted by atomic mass is 9.70. The topological polar surface area (TPSA) is 123 Å². The summed E-state index contributed by atoms with van der Waals surface area (Å²) in [5.41, 5.74) is -0.546. The molecule has 8 nitrogen and oxygen atoms in total. The standard InChI is InChI=1S/C30H29ClF2N4O4/c31-17-7-9-21-20-5-1-2-6-22(20)30(41,24(21)13-17)28(40)37-19-8-10-23(29(32,33)14-19)25(37)27(39)36-18(15-34)12-16-4-3-11-35-26(16)38/h1-2,5-7,9,13,16,18-19,23,25,41H,3-4,8,10-12,14H2,(H,35,38)(H,36,39)/t16-,18-,19-,23-,25+,30+/m1/s1. The predicted molar refractivity (Wildman–Crippen MR) is 144 cm³/mol. The van der Waals surface area contributed by atoms with Gasteiger partial charge in [0.2, 0.25) is 11.8 Å². The summed E-state index contributed by atoms with van der Waals surface area (Å²) in [4.78, 5) is 41.6. The van der Waals surface area contributed by atoms with Gasteiger partial charge in [0.15, 0.2) is 5.60 Å². The lowest BCUT2D eigenvalue weighted by Gasteiger charge is -2.54. The van der Waals surface area contributed by atoms with Gasteiger partial charge in [0.1, 0.15) is 12.1 Å². The summed E-state index contributed by atoms with van der Waals surface area (Å²) in [5.74, 6) is -7.19. The summed E-state index contributed by atoms with van der Waals surface area (Å²) in [5, 5.41) is 27.6. The molecule has 3 saturated heterocycles. The maximum Gasteiger partial charge on any atom is 0.264 e. The molecule has 41 heavy (non-hydrogen) atoms. The quantitative estimate of drug-likeness (QED) is 0.498. The minimum absolute atomic E-state index is 0.0131. The number of nitrogens with zero attached hydrogens (tertiary/aromatic N) is 2. The Morgan fingerprint density at radius 2 is 1.93 bits per heavy atom. The van der Waals surface area contributed by atoms with Crippen molar-refractivity contribution in [1.82, 2.24) is 15.5 Å². The average molecular weight is 583 g/mol. The van der Waals surface area contributed by atoms with Crippen molar-refractivity contribution in [3.8, 4) is 17.2 Å². The van der Waals surface area contributed by atoms with E-state index in [1.165, 1.54) is 6.07 Å². The number of carbonyl (C=O) groups excluding carboxylic acids is 3. The van der Waals surface area contributed by atoms with E-state index in [2.05, 4.69) is 10.6 Å². The number of aliphatic hydroxyl groups is 1. The number of piperidine rings is 3. The number of hydrogen-bond donors (Lipinski definition) is 3. The smallest absolute Gasteiger partial charge is 0.264 e. The molecule has 3 N–H and O–H groups in total. The van der Waals surface area contributed by atoms with Crippen LogP contribution in [0.15, 0.2) is 42.5 Å². The fourth-order valence-corrected chi connectivity index (χ4v) is 7.36. The number of carbonyl (C=O) groups is 3. The molecule has 0 unspecified atom stereocenters. The zero-order valence-electron chi connectivity index (χ0n) is 22.1. The highest BCUT2D eigenvalue weighted by Crippen LogP contribution is 2.54. The molecule has 0 spiro atoms. The van der Waals surface area contributed by atoms with E-state index >= 15 is 8.78 Å². The fourth-order valence-electron chi connectivity index (χ4n) is 7.19. The van der Waals surface area contributed by atoms with Gasteiger partial charge >= 0.3 is 0 Å². The van der Waals surface area contributed by atoms with Crippen LogP contribution in [-0.4, -0.2) is 58.3 Å². The van der Waals surface area contributed by atoms with E-state index in [4.69, 9.17) is 11.6 Å². The minimum atomic E-state index is -3.22. The van der Waals surface area contributed by atoms with E-state index in [0.717, 1.165) is 11.3 Å². The van der Waals surface area contributed by atoms with Crippen LogP contribution in [0, 0.1) is 23.2 Å². The number of hydrogen-bond acceptors (Lipinski definition) is 5. The molecular weight excluding hydrogens is 554 g/mol. The van der Waals surface area contributed by atoms with Gasteiger partial charge in [0.25, 0.3) is 11.8 Å². The molecule has 5 aliphatic rings. The first-order chi connectivity index (χ1) is 19.6. The van der Waals surface area contributed by atoms with Crippen LogP contribution < -0.4 is 10.6 Å². The summed E-state index contributed by atoms with van der Waals surface area (Å²) in [6, 6.07) is 9.88. The van der Waals surface area contributed by atoms with Crippen molar-refractivity contribution in [2.24, 2.45) is 11.8 Å². The number of rotatable bonds is 5. The summed E-state index contributed by atoms with van der Waals surface area (Å²) in [6.45, 7) is 0.538. The Morgan fingerprint density at radius 1 is 1.17 bits per heavy atom. The third-order valence-corrected chi connectivity index (χ3v) is 9.35. The minimum Gasteiger partial charge on any atom is -0.372 e. The largest absolute Gasteiger partial charge is 0.372 e. The third kappa shape index (κ3) is 4.37. The zero-order valence-corrected chi connectivity index (χ0v) is 22.8. The Labute approximate surface area is 240 Å². The van der Waals surface area contributed by atoms with E-state index in [1.54, 1.807) is 36.4 Å². The van der Waals surface area contributed by atoms with Gasteiger partial charge in [-0.15, -0.1) is 0 Å². The molecular formula is C30H29ClF2N4O4. The Hall–Kier alpha value is -3.55. The van der Waals surface area contributed by atoms with Gasteiger partial charge in [0, 0.05) is 41.1 Å². The van der Waals surface area contributed by atoms with Crippen LogP contribution in [0.1, 0.15) is 49.7 Å². The molecule has 3 aliphatic heterocycles. The van der Waals surface area contributed by atoms with Crippen molar-refractivity contribution in [3.63, 3.8) is 0 Å². The van der Waals surface area contributed by atoms with Crippen LogP contribution in [0.25, 0.3) is 11.1 Å². The Kier molecular flexibility index (Phi) is 6.78. The molecule has 0 radical (unpaired) electrons. The van der Waals surface area contributed by atoms with E-state index in [9.17, 15) is 24.8 Å². The van der Waals surface area contributed by atoms with E-state index in [1.807, 2.05) is 6.07 Å². The summed E-state index contributed by atoms with van der Waals surface area (Å²) in [6.07, 6.45) is 0.943. The maximum atomic E-state index is 15.3. The van der Waals surface area contributed by atoms with Crippen molar-refractivity contribution in [3.05, 3.63) is 58.6 Å². The highest BCUT2D eigenvalue weighted by molar-refractivity contribution is 6.31. The molecule has 2 aromatic carbocycles. The SMILES string of the molecule is N#C[C@@H](C[C@H]1CCCNC1=O)NC(=O)[C@@H]1[C@H]2CC[C@H](CC2(F)F)N1C(=O)[C@]1(O)c2ccccc2-c2ccc(Cl)cc21. The van der Waals surface area contributed by atoms with Crippen LogP contribution in [0.5, 0.6) is 0 Å². The molecule has 2 aromatic rings. The average Bonchev–Trinajstić information content (AvgIpc) is 3.21. The highest BCUT2D eigenvalue weighted by Gasteiger charge is 2.63. The van der Waals surface area contributed by atoms with Crippen LogP contribution in [-0.2, 0) is 20.0 Å². The van der Waals surface area contributed by atoms with E-state index in [0.29, 0.717) is 24.1 Å². The van der Waals surface area contributed by atoms with Gasteiger partial charge in [-0.05, 0) is 55.4 Å². The zero-order chi connectivity index (χ0) is 29.1. The van der Waals surface area contributed by atoms with Crippen LogP contribution in [0.4, 0.5) is 8.78 Å². The number of halogens is 3. The number of benzene rings is 2. The van der Waals surface area contributed by atoms with Crippen molar-refractivity contribution < 1.29 is 28.3 Å². The van der Waals surface area contributed by atoms with Gasteiger partial charge in [-0.2, -0.15) is 5.26 Å². The van der Waals surface area contributed by atoms with E-state index < -0.39 is 59.7 Å². The van der Waals surface area contributed by atoms with Crippen LogP contribution >= 0.6 is 11.6 Å². The molecule has 0 aromatic heterocycles. The second-order valence-electron chi connectivity index (χ2n) is 11.5. The second-order valence-corrected chi connectivity index (χ2v) is 11.9. The van der Waals surface area contributed by atoms with Crippen molar-refractivity contribution in [1.29, 1.82) is 5.26 Å². The molecule has 3 amide bonds. The molecule has 2 bridgehead atoms. The highest BCUT2D eigenvalue weighted by atomic mass is 35.5. The van der Waals surface area contributed by atoms with Crippen molar-refractivity contribution >= 4 is 29.3 Å². The first-order valence-electron chi connectivity index (χ1n) is 13.9. The molecule has 6 atom stereocenters. The maximum absolute atomic E-state index is 15.3. The van der Waals surface area contributed by atoms with Crippen LogP contribution in [0.3, 0.4) is 0 Å². The van der Waals surface area contributed by atoms with Gasteiger partial charge in [-0.1, -0.05) is 41.9 Å². The number of alkyl halides is 2. The Bertz CT molecular complexity index is 1480. The molecule has 3 heterocycles. The summed E-state index contributed by atoms with van der Waals surface area (Å²) in [7, 11) is 0. The molecule has 7 rings (SSSR count). The fraction of sp³-hybridized carbons (Fsp3) is 0.467. The lowest BCUT2D eigenvalue weighted by Crippen LogP contribution is -2.70. The molecule has 11 heteroatoms. The third-order valence-electron chi connectivity index (χ3n) is 9.12. The predicted octanol–water partition coefficient (Wildman–Crippen LogP) is 3.50. The molecule has 214 valence electrons. The number of nitriles is 1. The van der Waals surface area contributed by atoms with Gasteiger partial charge in [-0.3, -0.25) is 14.4 Å². The number of fused-ring (bicyclic) bond motifs is 6. The monoisotopic (exact) mass is 582 g/mol. The normalized spacial score (nSPS) is 30.0. The first-order valence-corrected chi connectivity index (χ1v) is 14.2. The van der Waals surface area contributed by atoms with Crippen LogP contribution in [0.2, 0.25) is 5.02 Å². The lowest BCUT2D eigenvalue weighted by molar-refractivity contribution is -0.201. The van der Waals surface area contributed by atoms with Crippen molar-refractivity contribution in [2.45, 2.75) is 68.2 Å². The summed E-state index contributed by atoms with van der Waals surface area (Å²) >= 11 is 6.27. The molecule has 1 saturated carbocycles. The Morgan fingerprint density at radius 3 is 2.66 bits per heavy atom. The van der Waals surface area contributed by atoms with Crippen molar-refractivity contribution in [2.75, 3.05) is 6.54 Å². The number of nitrogens with one attached hydrogen (secondary N) is 2. The van der Waals surface area contributed by atoms with Gasteiger partial charge < -0.3 is 20.6 Å². The second kappa shape index (κ2) is 10.1. The number of amides is 3. The van der Waals surface area contributed by atoms with Gasteiger partial charge in [0.05, 0.1) is 12.0 Å². The molecule has 4 fully saturated rings. The Balaban J connectivity index is 1.36. The van der Waals surface area contributed by atoms with Gasteiger partial charge in [-0.25, -0.2) is 8.78 Å².